The molecule has 128 valence electrons. The zero-order valence-electron chi connectivity index (χ0n) is 13.6. The van der Waals surface area contributed by atoms with E-state index < -0.39 is 6.10 Å². The second-order valence-corrected chi connectivity index (χ2v) is 6.41. The first-order chi connectivity index (χ1) is 11.4. The van der Waals surface area contributed by atoms with Gasteiger partial charge in [0, 0.05) is 24.2 Å². The average Bonchev–Trinajstić information content (AvgIpc) is 3.19. The van der Waals surface area contributed by atoms with E-state index in [2.05, 4.69) is 5.16 Å². The molecule has 0 radical (unpaired) electrons. The summed E-state index contributed by atoms with van der Waals surface area (Å²) >= 11 is 6.13. The van der Waals surface area contributed by atoms with Gasteiger partial charge in [0.2, 0.25) is 0 Å². The van der Waals surface area contributed by atoms with Crippen LogP contribution in [0.4, 0.5) is 0 Å². The molecule has 1 N–H and O–H groups in total. The van der Waals surface area contributed by atoms with Gasteiger partial charge in [-0.2, -0.15) is 0 Å². The van der Waals surface area contributed by atoms with Crippen LogP contribution in [0.2, 0.25) is 5.02 Å². The van der Waals surface area contributed by atoms with Gasteiger partial charge >= 0.3 is 0 Å². The summed E-state index contributed by atoms with van der Waals surface area (Å²) in [7, 11) is 0. The minimum atomic E-state index is -0.458. The van der Waals surface area contributed by atoms with Gasteiger partial charge in [-0.15, -0.1) is 0 Å². The highest BCUT2D eigenvalue weighted by Gasteiger charge is 2.27. The standard InChI is InChI=1S/C17H19ClN2O4/c1-10-5-13(6-11(2)16(10)18)23-9-14-7-15(19-24-14)17(22)20-4-3-12(21)8-20/h5-7,12,21H,3-4,8-9H2,1-2H3/t12-/m0/s1. The fourth-order valence-corrected chi connectivity index (χ4v) is 2.82. The van der Waals surface area contributed by atoms with Gasteiger partial charge < -0.3 is 19.3 Å². The number of benzene rings is 1. The van der Waals surface area contributed by atoms with E-state index in [0.717, 1.165) is 16.1 Å². The van der Waals surface area contributed by atoms with Crippen molar-refractivity contribution in [3.8, 4) is 5.75 Å². The van der Waals surface area contributed by atoms with Gasteiger partial charge in [0.1, 0.15) is 12.4 Å². The predicted molar refractivity (Wildman–Crippen MR) is 88.3 cm³/mol. The van der Waals surface area contributed by atoms with Crippen LogP contribution < -0.4 is 4.74 Å². The van der Waals surface area contributed by atoms with Crippen LogP contribution in [0, 0.1) is 13.8 Å². The Morgan fingerprint density at radius 1 is 1.42 bits per heavy atom. The number of carbonyl (C=O) groups is 1. The predicted octanol–water partition coefficient (Wildman–Crippen LogP) is 2.73. The fourth-order valence-electron chi connectivity index (χ4n) is 2.71. The quantitative estimate of drug-likeness (QED) is 0.917. The highest BCUT2D eigenvalue weighted by atomic mass is 35.5. The molecule has 24 heavy (non-hydrogen) atoms. The van der Waals surface area contributed by atoms with Crippen molar-refractivity contribution < 1.29 is 19.2 Å². The first-order valence-electron chi connectivity index (χ1n) is 7.76. The summed E-state index contributed by atoms with van der Waals surface area (Å²) in [5, 5.41) is 14.0. The number of likely N-dealkylation sites (tertiary alicyclic amines) is 1. The van der Waals surface area contributed by atoms with E-state index in [9.17, 15) is 9.90 Å². The van der Waals surface area contributed by atoms with Crippen LogP contribution in [0.5, 0.6) is 5.75 Å². The number of rotatable bonds is 4. The van der Waals surface area contributed by atoms with Crippen LogP contribution in [0.1, 0.15) is 33.8 Å². The van der Waals surface area contributed by atoms with Crippen molar-refractivity contribution in [1.82, 2.24) is 10.1 Å². The Balaban J connectivity index is 1.63. The number of halogens is 1. The van der Waals surface area contributed by atoms with Crippen molar-refractivity contribution in [2.24, 2.45) is 0 Å². The largest absolute Gasteiger partial charge is 0.486 e. The highest BCUT2D eigenvalue weighted by molar-refractivity contribution is 6.32. The van der Waals surface area contributed by atoms with E-state index in [1.54, 1.807) is 11.0 Å². The topological polar surface area (TPSA) is 75.8 Å². The molecule has 0 spiro atoms. The number of hydrogen-bond donors (Lipinski definition) is 1. The first kappa shape index (κ1) is 16.8. The lowest BCUT2D eigenvalue weighted by Gasteiger charge is -2.12. The molecular weight excluding hydrogens is 332 g/mol. The molecule has 0 saturated carbocycles. The number of hydrogen-bond acceptors (Lipinski definition) is 5. The zero-order chi connectivity index (χ0) is 17.3. The zero-order valence-corrected chi connectivity index (χ0v) is 14.3. The van der Waals surface area contributed by atoms with Crippen molar-refractivity contribution >= 4 is 17.5 Å². The summed E-state index contributed by atoms with van der Waals surface area (Å²) in [5.74, 6) is 0.907. The number of ether oxygens (including phenoxy) is 1. The van der Waals surface area contributed by atoms with Gasteiger partial charge in [-0.05, 0) is 43.5 Å². The van der Waals surface area contributed by atoms with E-state index in [1.807, 2.05) is 26.0 Å². The summed E-state index contributed by atoms with van der Waals surface area (Å²) in [6.45, 7) is 4.86. The average molecular weight is 351 g/mol. The molecule has 2 heterocycles. The van der Waals surface area contributed by atoms with Crippen molar-refractivity contribution in [3.05, 3.63) is 45.8 Å². The smallest absolute Gasteiger partial charge is 0.276 e. The SMILES string of the molecule is Cc1cc(OCc2cc(C(=O)N3CC[C@H](O)C3)no2)cc(C)c1Cl. The van der Waals surface area contributed by atoms with Crippen LogP contribution in [-0.2, 0) is 6.61 Å². The van der Waals surface area contributed by atoms with Crippen LogP contribution in [-0.4, -0.2) is 40.3 Å². The number of aryl methyl sites for hydroxylation is 2. The van der Waals surface area contributed by atoms with E-state index in [1.165, 1.54) is 0 Å². The first-order valence-corrected chi connectivity index (χ1v) is 8.14. The molecular formula is C17H19ClN2O4. The summed E-state index contributed by atoms with van der Waals surface area (Å²) in [6, 6.07) is 5.27. The van der Waals surface area contributed by atoms with Gasteiger partial charge in [0.25, 0.3) is 5.91 Å². The number of aliphatic hydroxyl groups excluding tert-OH is 1. The fraction of sp³-hybridized carbons (Fsp3) is 0.412. The lowest BCUT2D eigenvalue weighted by atomic mass is 10.1. The molecule has 1 fully saturated rings. The number of amides is 1. The molecule has 1 atom stereocenters. The van der Waals surface area contributed by atoms with Crippen molar-refractivity contribution in [2.45, 2.75) is 33.0 Å². The Kier molecular flexibility index (Phi) is 4.78. The van der Waals surface area contributed by atoms with Gasteiger partial charge in [0.05, 0.1) is 6.10 Å². The van der Waals surface area contributed by atoms with Gasteiger partial charge in [0.15, 0.2) is 11.5 Å². The van der Waals surface area contributed by atoms with Crippen molar-refractivity contribution in [1.29, 1.82) is 0 Å². The molecule has 1 aromatic carbocycles. The van der Waals surface area contributed by atoms with Crippen LogP contribution in [0.15, 0.2) is 22.7 Å². The molecule has 3 rings (SSSR count). The van der Waals surface area contributed by atoms with Gasteiger partial charge in [-0.25, -0.2) is 0 Å². The Labute approximate surface area is 144 Å². The third-order valence-corrected chi connectivity index (χ3v) is 4.62. The number of β-amino-alcohol motifs (C(OH)–C–C–N with tert-alkyl or cyclic N) is 1. The minimum absolute atomic E-state index is 0.170. The number of aliphatic hydroxyl groups is 1. The molecule has 0 aliphatic carbocycles. The van der Waals surface area contributed by atoms with E-state index in [-0.39, 0.29) is 18.2 Å². The normalized spacial score (nSPS) is 17.3. The maximum atomic E-state index is 12.2. The molecule has 1 aliphatic heterocycles. The van der Waals surface area contributed by atoms with Gasteiger partial charge in [-0.3, -0.25) is 4.79 Å². The third kappa shape index (κ3) is 3.55. The lowest BCUT2D eigenvalue weighted by Crippen LogP contribution is -2.29. The maximum absolute atomic E-state index is 12.2. The summed E-state index contributed by atoms with van der Waals surface area (Å²) in [5.41, 5.74) is 2.10. The van der Waals surface area contributed by atoms with E-state index in [4.69, 9.17) is 20.9 Å². The summed E-state index contributed by atoms with van der Waals surface area (Å²) < 4.78 is 10.9. The lowest BCUT2D eigenvalue weighted by molar-refractivity contribution is 0.0754. The van der Waals surface area contributed by atoms with E-state index >= 15 is 0 Å². The molecule has 7 heteroatoms. The Bertz CT molecular complexity index is 736. The Morgan fingerprint density at radius 2 is 2.12 bits per heavy atom. The minimum Gasteiger partial charge on any atom is -0.486 e. The van der Waals surface area contributed by atoms with Crippen LogP contribution in [0.3, 0.4) is 0 Å². The molecule has 1 saturated heterocycles. The molecule has 1 aromatic heterocycles. The number of aromatic nitrogens is 1. The monoisotopic (exact) mass is 350 g/mol. The second kappa shape index (κ2) is 6.83. The summed E-state index contributed by atoms with van der Waals surface area (Å²) in [6.07, 6.45) is 0.134. The van der Waals surface area contributed by atoms with Gasteiger partial charge in [-0.1, -0.05) is 16.8 Å². The Hall–Kier alpha value is -2.05. The van der Waals surface area contributed by atoms with Crippen LogP contribution in [0.25, 0.3) is 0 Å². The molecule has 1 aliphatic rings. The van der Waals surface area contributed by atoms with Crippen molar-refractivity contribution in [2.75, 3.05) is 13.1 Å². The van der Waals surface area contributed by atoms with E-state index in [0.29, 0.717) is 31.0 Å². The Morgan fingerprint density at radius 3 is 2.75 bits per heavy atom. The molecule has 0 unspecified atom stereocenters. The number of nitrogens with zero attached hydrogens (tertiary/aromatic N) is 2. The summed E-state index contributed by atoms with van der Waals surface area (Å²) in [4.78, 5) is 13.8. The highest BCUT2D eigenvalue weighted by Crippen LogP contribution is 2.26. The van der Waals surface area contributed by atoms with Crippen molar-refractivity contribution in [3.63, 3.8) is 0 Å². The molecule has 2 aromatic rings. The maximum Gasteiger partial charge on any atom is 0.276 e. The second-order valence-electron chi connectivity index (χ2n) is 6.03. The third-order valence-electron chi connectivity index (χ3n) is 4.02. The number of carbonyl (C=O) groups excluding carboxylic acids is 1. The molecule has 0 bridgehead atoms. The van der Waals surface area contributed by atoms with Crippen LogP contribution >= 0.6 is 11.6 Å². The molecule has 1 amide bonds. The molecule has 6 nitrogen and oxygen atoms in total.